The largest absolute Gasteiger partial charge is 0.489 e. The van der Waals surface area contributed by atoms with Crippen LogP contribution in [-0.4, -0.2) is 148 Å². The van der Waals surface area contributed by atoms with Crippen LogP contribution in [0.25, 0.3) is 50.4 Å². The highest BCUT2D eigenvalue weighted by Crippen LogP contribution is 2.37. The van der Waals surface area contributed by atoms with E-state index in [-0.39, 0.29) is 29.7 Å². The molecule has 0 radical (unpaired) electrons. The average molecular weight is 1320 g/mol. The molecule has 3 saturated carbocycles. The molecule has 4 aliphatic heterocycles. The van der Waals surface area contributed by atoms with Crippen LogP contribution in [0.5, 0.6) is 5.75 Å². The zero-order chi connectivity index (χ0) is 67.4. The Morgan fingerprint density at radius 2 is 1.00 bits per heavy atom. The molecule has 5 N–H and O–H groups in total. The Hall–Kier alpha value is -10.1. The van der Waals surface area contributed by atoms with Gasteiger partial charge < -0.3 is 45.7 Å². The van der Waals surface area contributed by atoms with Crippen LogP contribution in [0.2, 0.25) is 0 Å². The zero-order valence-electron chi connectivity index (χ0n) is 56.2. The molecule has 22 heteroatoms. The van der Waals surface area contributed by atoms with Crippen LogP contribution >= 0.6 is 0 Å². The minimum absolute atomic E-state index is 0.00582. The number of likely N-dealkylation sites (tertiary alicyclic amines) is 1. The van der Waals surface area contributed by atoms with E-state index >= 15 is 0 Å². The number of aromatic nitrogens is 9. The Balaban J connectivity index is 0.000000126. The molecule has 10 heterocycles. The lowest BCUT2D eigenvalue weighted by molar-refractivity contribution is -0.130. The molecule has 0 spiro atoms. The van der Waals surface area contributed by atoms with Gasteiger partial charge in [0.25, 0.3) is 17.7 Å². The predicted octanol–water partition coefficient (Wildman–Crippen LogP) is 11.4. The van der Waals surface area contributed by atoms with Gasteiger partial charge in [-0.1, -0.05) is 18.2 Å². The number of anilines is 2. The molecule has 6 aromatic heterocycles. The van der Waals surface area contributed by atoms with Crippen molar-refractivity contribution >= 4 is 35.0 Å². The summed E-state index contributed by atoms with van der Waals surface area (Å²) in [7, 11) is 0. The Labute approximate surface area is 570 Å². The van der Waals surface area contributed by atoms with Gasteiger partial charge in [0.2, 0.25) is 5.91 Å². The quantitative estimate of drug-likeness (QED) is 0.0505. The summed E-state index contributed by atoms with van der Waals surface area (Å²) >= 11 is 0. The summed E-state index contributed by atoms with van der Waals surface area (Å²) in [5.41, 5.74) is 15.7. The molecule has 7 fully saturated rings. The second-order valence-corrected chi connectivity index (χ2v) is 27.3. The fraction of sp³-hybridized carbons (Fsp3) is 0.395. The van der Waals surface area contributed by atoms with Gasteiger partial charge in [0.1, 0.15) is 11.9 Å². The second kappa shape index (κ2) is 28.9. The van der Waals surface area contributed by atoms with E-state index in [1.165, 1.54) is 6.42 Å². The molecule has 9 aromatic rings. The summed E-state index contributed by atoms with van der Waals surface area (Å²) in [5.74, 6) is 1.27. The molecule has 2 unspecified atom stereocenters. The number of hydrogen-bond donors (Lipinski definition) is 5. The predicted molar refractivity (Wildman–Crippen MR) is 374 cm³/mol. The van der Waals surface area contributed by atoms with Crippen molar-refractivity contribution in [1.82, 2.24) is 65.1 Å². The van der Waals surface area contributed by atoms with Crippen molar-refractivity contribution in [3.63, 3.8) is 0 Å². The number of carbonyl (C=O) groups is 4. The number of fused-ring (bicyclic) bond motifs is 2. The maximum Gasteiger partial charge on any atom is 0.251 e. The van der Waals surface area contributed by atoms with Crippen molar-refractivity contribution in [1.29, 1.82) is 0 Å². The fourth-order valence-electron chi connectivity index (χ4n) is 13.2. The van der Waals surface area contributed by atoms with E-state index in [9.17, 15) is 19.2 Å². The smallest absolute Gasteiger partial charge is 0.251 e. The summed E-state index contributed by atoms with van der Waals surface area (Å²) in [4.78, 5) is 64.0. The normalized spacial score (nSPS) is 19.7. The van der Waals surface area contributed by atoms with Crippen molar-refractivity contribution in [2.75, 3.05) is 36.9 Å². The van der Waals surface area contributed by atoms with Crippen LogP contribution in [0.15, 0.2) is 147 Å². The van der Waals surface area contributed by atoms with Crippen molar-refractivity contribution in [2.45, 2.75) is 160 Å². The maximum absolute atomic E-state index is 12.5. The van der Waals surface area contributed by atoms with Crippen molar-refractivity contribution in [2.24, 2.45) is 5.92 Å². The van der Waals surface area contributed by atoms with E-state index < -0.39 is 0 Å². The minimum atomic E-state index is -0.0284. The second-order valence-electron chi connectivity index (χ2n) is 27.3. The van der Waals surface area contributed by atoms with Crippen molar-refractivity contribution in [3.05, 3.63) is 181 Å². The third-order valence-electron chi connectivity index (χ3n) is 19.6. The minimum Gasteiger partial charge on any atom is -0.489 e. The summed E-state index contributed by atoms with van der Waals surface area (Å²) < 4.78 is 23.0. The lowest BCUT2D eigenvalue weighted by atomic mass is 9.95. The number of ether oxygens (including phenoxy) is 3. The van der Waals surface area contributed by atoms with Gasteiger partial charge in [-0.15, -0.1) is 0 Å². The monoisotopic (exact) mass is 1320 g/mol. The van der Waals surface area contributed by atoms with Gasteiger partial charge in [0.15, 0.2) is 0 Å². The first-order valence-corrected chi connectivity index (χ1v) is 34.6. The summed E-state index contributed by atoms with van der Waals surface area (Å²) in [6, 6.07) is 25.2. The highest BCUT2D eigenvalue weighted by atomic mass is 16.5. The number of nitrogens with zero attached hydrogens (tertiary/aromatic N) is 10. The van der Waals surface area contributed by atoms with Crippen LogP contribution in [0.4, 0.5) is 11.4 Å². The van der Waals surface area contributed by atoms with Crippen molar-refractivity contribution in [3.8, 4) is 56.2 Å². The first-order chi connectivity index (χ1) is 47.6. The van der Waals surface area contributed by atoms with E-state index in [1.54, 1.807) is 36.4 Å². The Morgan fingerprint density at radius 1 is 0.531 bits per heavy atom. The lowest BCUT2D eigenvalue weighted by Gasteiger charge is -2.31. The summed E-state index contributed by atoms with van der Waals surface area (Å²) in [6.07, 6.45) is 35.4. The number of aryl methyl sites for hydroxylation is 3. The van der Waals surface area contributed by atoms with Gasteiger partial charge in [-0.2, -0.15) is 15.3 Å². The number of carbonyl (C=O) groups excluding carboxylic acids is 4. The summed E-state index contributed by atoms with van der Waals surface area (Å²) in [6.45, 7) is 13.0. The first kappa shape index (κ1) is 65.2. The van der Waals surface area contributed by atoms with Crippen LogP contribution in [0.3, 0.4) is 0 Å². The molecule has 3 aliphatic carbocycles. The number of hydrogen-bond acceptors (Lipinski definition) is 15. The maximum atomic E-state index is 12.5. The number of piperidine rings is 1. The molecule has 7 aliphatic rings. The molecule has 5 atom stereocenters. The number of amides is 4. The topological polar surface area (TPSA) is 251 Å². The molecule has 2 bridgehead atoms. The highest BCUT2D eigenvalue weighted by molar-refractivity contribution is 5.97. The van der Waals surface area contributed by atoms with Gasteiger partial charge in [0.05, 0.1) is 109 Å². The molecule has 16 rings (SSSR count). The van der Waals surface area contributed by atoms with Crippen LogP contribution in [0.1, 0.15) is 139 Å². The van der Waals surface area contributed by atoms with E-state index in [0.717, 1.165) is 162 Å². The van der Waals surface area contributed by atoms with Gasteiger partial charge in [0, 0.05) is 128 Å². The van der Waals surface area contributed by atoms with Gasteiger partial charge >= 0.3 is 0 Å². The van der Waals surface area contributed by atoms with E-state index in [0.29, 0.717) is 83.9 Å². The molecular formula is C76H85N15O7. The number of benzene rings is 3. The lowest BCUT2D eigenvalue weighted by Crippen LogP contribution is -2.40. The zero-order valence-corrected chi connectivity index (χ0v) is 56.2. The first-order valence-electron chi connectivity index (χ1n) is 34.6. The number of rotatable bonds is 19. The molecular weight excluding hydrogens is 1230 g/mol. The highest BCUT2D eigenvalue weighted by Gasteiger charge is 2.41. The Kier molecular flexibility index (Phi) is 19.3. The Morgan fingerprint density at radius 3 is 1.44 bits per heavy atom. The molecule has 3 aromatic carbocycles. The number of nitrogens with one attached hydrogen (secondary N) is 5. The molecule has 4 amide bonds. The van der Waals surface area contributed by atoms with Gasteiger partial charge in [-0.25, -0.2) is 14.0 Å². The average Bonchev–Trinajstić information content (AvgIpc) is 1.71. The van der Waals surface area contributed by atoms with E-state index in [2.05, 4.69) is 89.7 Å². The molecule has 4 saturated heterocycles. The van der Waals surface area contributed by atoms with Crippen LogP contribution < -0.4 is 31.3 Å². The SMILES string of the molecule is CC(=O)N1CCC(Oc2cncc(-n3cc(-c4cc(C(=O)NC5CC5)ccc4C)cn3)c2)CC1.Cc1ccc(C(=O)NC2CC2)cc1-c1cnn(-c2cncc(NC(C)C3CCOC3)c2)c1.Cc1ccc(C(=O)NC2CC2)cc1-c1cnn(-c2cncc(N[C@@H]3C[C@H]4CC[C@@H]3O4)c2)c1. The van der Waals surface area contributed by atoms with Crippen LogP contribution in [0, 0.1) is 26.7 Å². The fourth-order valence-corrected chi connectivity index (χ4v) is 13.2. The third-order valence-corrected chi connectivity index (χ3v) is 19.6. The standard InChI is InChI=1S/C26H29N5O3.C25H27N5O2.C25H29N5O2/c1-17-3-4-19(26(33)29-21-5-6-21)11-25(17)20-13-28-31(16-20)22-12-24(15-27-14-22)34-23-7-9-30(10-8-23)18(2)32;1-15-2-3-16(25(31)29-18-4-5-18)8-22(15)17-11-27-30(14-17)20-9-19(12-26-13-20)28-23-10-21-6-7-24(23)32-21;1-16-3-4-18(25(31)29-21-5-6-21)9-24(16)20-11-27-30(14-20)23-10-22(12-26-13-23)28-17(2)19-7-8-32-15-19/h3-4,11-16,21,23H,5-10H2,1-2H3,(H,29,33);2-3,8-9,11-14,18,21,23-24,28H,4-7,10H2,1H3,(H,29,31);3-4,9-14,17,19,21,28H,5-8,15H2,1-2H3,(H,29,31)/t;21-,23-,24+;/m.1./s1. The van der Waals surface area contributed by atoms with Crippen LogP contribution in [-0.2, 0) is 14.3 Å². The van der Waals surface area contributed by atoms with Gasteiger partial charge in [-0.05, 0) is 174 Å². The molecule has 98 heavy (non-hydrogen) atoms. The van der Waals surface area contributed by atoms with Crippen molar-refractivity contribution < 1.29 is 33.4 Å². The molecule has 506 valence electrons. The number of pyridine rings is 3. The Bertz CT molecular complexity index is 4360. The van der Waals surface area contributed by atoms with Gasteiger partial charge in [-0.3, -0.25) is 34.1 Å². The van der Waals surface area contributed by atoms with E-state index in [1.807, 2.05) is 131 Å². The van der Waals surface area contributed by atoms with E-state index in [4.69, 9.17) is 14.2 Å². The summed E-state index contributed by atoms with van der Waals surface area (Å²) in [5, 5.41) is 30.0. The third kappa shape index (κ3) is 16.0. The molecule has 22 nitrogen and oxygen atoms in total.